The highest BCUT2D eigenvalue weighted by Crippen LogP contribution is 2.20. The Hall–Kier alpha value is -2.71. The first-order valence-corrected chi connectivity index (χ1v) is 9.82. The fourth-order valence-electron chi connectivity index (χ4n) is 3.63. The van der Waals surface area contributed by atoms with Crippen molar-refractivity contribution in [2.75, 3.05) is 0 Å². The average molecular weight is 378 g/mol. The van der Waals surface area contributed by atoms with Gasteiger partial charge >= 0.3 is 0 Å². The fourth-order valence-corrected chi connectivity index (χ4v) is 3.63. The molecule has 4 N–H and O–H groups in total. The van der Waals surface area contributed by atoms with E-state index in [9.17, 15) is 0 Å². The summed E-state index contributed by atoms with van der Waals surface area (Å²) in [6.07, 6.45) is 10.1. The van der Waals surface area contributed by atoms with Crippen LogP contribution in [-0.4, -0.2) is 56.8 Å². The highest BCUT2D eigenvalue weighted by Gasteiger charge is 2.25. The summed E-state index contributed by atoms with van der Waals surface area (Å²) in [7, 11) is 0. The number of aliphatic imine (C=N–C) groups is 2. The molecule has 1 aromatic carbocycles. The highest BCUT2D eigenvalue weighted by atomic mass is 15.5. The summed E-state index contributed by atoms with van der Waals surface area (Å²) in [4.78, 5) is 9.63. The molecule has 2 aliphatic rings. The number of rotatable bonds is 5. The minimum Gasteiger partial charge on any atom is -0.328 e. The van der Waals surface area contributed by atoms with Gasteiger partial charge in [-0.05, 0) is 60.7 Å². The monoisotopic (exact) mass is 378 g/mol. The SMILES string of the molecule is CC1N=CC(c2cccc(/C=C/c3nnn[nH]3)c2)=NC1N[C@H]1CC[C@H](N)CC1. The lowest BCUT2D eigenvalue weighted by Gasteiger charge is -2.32. The number of aromatic amines is 1. The number of nitrogens with zero attached hydrogens (tertiary/aromatic N) is 5. The number of nitrogens with one attached hydrogen (secondary N) is 2. The van der Waals surface area contributed by atoms with Gasteiger partial charge in [-0.25, -0.2) is 5.10 Å². The molecule has 4 rings (SSSR count). The summed E-state index contributed by atoms with van der Waals surface area (Å²) >= 11 is 0. The second kappa shape index (κ2) is 8.53. The van der Waals surface area contributed by atoms with Crippen LogP contribution in [0.3, 0.4) is 0 Å². The van der Waals surface area contributed by atoms with Crippen molar-refractivity contribution in [1.29, 1.82) is 0 Å². The van der Waals surface area contributed by atoms with E-state index < -0.39 is 0 Å². The molecule has 1 fully saturated rings. The third-order valence-electron chi connectivity index (χ3n) is 5.32. The molecule has 2 heterocycles. The van der Waals surface area contributed by atoms with Crippen molar-refractivity contribution in [2.45, 2.75) is 56.9 Å². The number of H-pyrrole nitrogens is 1. The number of benzene rings is 1. The van der Waals surface area contributed by atoms with Crippen LogP contribution in [0.2, 0.25) is 0 Å². The van der Waals surface area contributed by atoms with E-state index in [-0.39, 0.29) is 12.2 Å². The zero-order valence-electron chi connectivity index (χ0n) is 16.0. The first-order chi connectivity index (χ1) is 13.7. The molecule has 0 spiro atoms. The maximum Gasteiger partial charge on any atom is 0.172 e. The molecule has 0 saturated heterocycles. The summed E-state index contributed by atoms with van der Waals surface area (Å²) in [6.45, 7) is 2.10. The van der Waals surface area contributed by atoms with Crippen molar-refractivity contribution >= 4 is 24.1 Å². The van der Waals surface area contributed by atoms with E-state index in [2.05, 4.69) is 50.0 Å². The van der Waals surface area contributed by atoms with Crippen LogP contribution in [-0.2, 0) is 0 Å². The first-order valence-electron chi connectivity index (χ1n) is 9.82. The summed E-state index contributed by atoms with van der Waals surface area (Å²) in [5.74, 6) is 0.618. The molecule has 0 radical (unpaired) electrons. The third kappa shape index (κ3) is 4.58. The van der Waals surface area contributed by atoms with Gasteiger partial charge in [0.05, 0.1) is 11.8 Å². The van der Waals surface area contributed by atoms with Gasteiger partial charge in [0.15, 0.2) is 5.82 Å². The Kier molecular flexibility index (Phi) is 5.68. The van der Waals surface area contributed by atoms with E-state index in [4.69, 9.17) is 10.7 Å². The predicted octanol–water partition coefficient (Wildman–Crippen LogP) is 1.82. The van der Waals surface area contributed by atoms with E-state index in [1.807, 2.05) is 30.5 Å². The van der Waals surface area contributed by atoms with Gasteiger partial charge in [0.2, 0.25) is 0 Å². The van der Waals surface area contributed by atoms with E-state index in [0.29, 0.717) is 17.9 Å². The van der Waals surface area contributed by atoms with E-state index in [1.165, 1.54) is 0 Å². The van der Waals surface area contributed by atoms with Gasteiger partial charge in [0.25, 0.3) is 0 Å². The number of nitrogens with two attached hydrogens (primary N) is 1. The molecular formula is C20H26N8. The summed E-state index contributed by atoms with van der Waals surface area (Å²) in [5.41, 5.74) is 9.03. The van der Waals surface area contributed by atoms with Crippen molar-refractivity contribution in [1.82, 2.24) is 25.9 Å². The van der Waals surface area contributed by atoms with Crippen LogP contribution in [0.4, 0.5) is 0 Å². The van der Waals surface area contributed by atoms with Gasteiger partial charge in [0, 0.05) is 23.9 Å². The second-order valence-electron chi connectivity index (χ2n) is 7.50. The van der Waals surface area contributed by atoms with Crippen molar-refractivity contribution in [3.05, 3.63) is 41.2 Å². The molecule has 146 valence electrons. The van der Waals surface area contributed by atoms with Crippen molar-refractivity contribution in [3.8, 4) is 0 Å². The zero-order chi connectivity index (χ0) is 19.3. The molecule has 1 aliphatic heterocycles. The standard InChI is InChI=1S/C20H26N8/c1-13-20(23-17-8-6-16(21)7-9-17)24-18(12-22-13)15-4-2-3-14(11-15)5-10-19-25-27-28-26-19/h2-5,10-13,16-17,20,23H,6-9,21H2,1H3,(H,25,26,27,28)/b10-5+/t13?,16-,17-,20?. The van der Waals surface area contributed by atoms with Gasteiger partial charge < -0.3 is 5.73 Å². The lowest BCUT2D eigenvalue weighted by atomic mass is 9.91. The van der Waals surface area contributed by atoms with Crippen molar-refractivity contribution < 1.29 is 0 Å². The van der Waals surface area contributed by atoms with E-state index in [0.717, 1.165) is 42.5 Å². The number of aromatic nitrogens is 4. The molecule has 1 saturated carbocycles. The Bertz CT molecular complexity index is 862. The van der Waals surface area contributed by atoms with Crippen LogP contribution in [0.1, 0.15) is 49.6 Å². The van der Waals surface area contributed by atoms with Crippen LogP contribution in [0.5, 0.6) is 0 Å². The summed E-state index contributed by atoms with van der Waals surface area (Å²) in [5, 5.41) is 17.4. The molecule has 0 bridgehead atoms. The molecule has 0 amide bonds. The van der Waals surface area contributed by atoms with Crippen LogP contribution < -0.4 is 11.1 Å². The lowest BCUT2D eigenvalue weighted by molar-refractivity contribution is 0.303. The molecule has 2 unspecified atom stereocenters. The fraction of sp³-hybridized carbons (Fsp3) is 0.450. The zero-order valence-corrected chi connectivity index (χ0v) is 16.0. The van der Waals surface area contributed by atoms with E-state index in [1.54, 1.807) is 0 Å². The van der Waals surface area contributed by atoms with E-state index >= 15 is 0 Å². The highest BCUT2D eigenvalue weighted by molar-refractivity contribution is 6.38. The van der Waals surface area contributed by atoms with Crippen LogP contribution in [0.25, 0.3) is 12.2 Å². The molecule has 8 heteroatoms. The van der Waals surface area contributed by atoms with Gasteiger partial charge in [0.1, 0.15) is 6.17 Å². The van der Waals surface area contributed by atoms with Gasteiger partial charge in [-0.15, -0.1) is 5.10 Å². The number of hydrogen-bond acceptors (Lipinski definition) is 7. The predicted molar refractivity (Wildman–Crippen MR) is 111 cm³/mol. The number of tetrazole rings is 1. The van der Waals surface area contributed by atoms with Gasteiger partial charge in [-0.1, -0.05) is 24.3 Å². The molecule has 2 atom stereocenters. The minimum absolute atomic E-state index is 0.00112. The smallest absolute Gasteiger partial charge is 0.172 e. The van der Waals surface area contributed by atoms with Crippen molar-refractivity contribution in [3.63, 3.8) is 0 Å². The molecule has 1 aliphatic carbocycles. The molecule has 2 aromatic rings. The van der Waals surface area contributed by atoms with Gasteiger partial charge in [-0.2, -0.15) is 0 Å². The third-order valence-corrected chi connectivity index (χ3v) is 5.32. The largest absolute Gasteiger partial charge is 0.328 e. The van der Waals surface area contributed by atoms with Crippen molar-refractivity contribution in [2.24, 2.45) is 15.7 Å². The van der Waals surface area contributed by atoms with Crippen LogP contribution in [0, 0.1) is 0 Å². The Morgan fingerprint density at radius 2 is 2.04 bits per heavy atom. The number of hydrogen-bond donors (Lipinski definition) is 3. The Labute approximate surface area is 164 Å². The quantitative estimate of drug-likeness (QED) is 0.733. The normalized spacial score (nSPS) is 27.9. The minimum atomic E-state index is -0.00112. The molecule has 28 heavy (non-hydrogen) atoms. The van der Waals surface area contributed by atoms with Crippen LogP contribution >= 0.6 is 0 Å². The lowest BCUT2D eigenvalue weighted by Crippen LogP contribution is -2.47. The summed E-state index contributed by atoms with van der Waals surface area (Å²) in [6, 6.07) is 9.16. The molecule has 8 nitrogen and oxygen atoms in total. The van der Waals surface area contributed by atoms with Gasteiger partial charge in [-0.3, -0.25) is 15.3 Å². The maximum absolute atomic E-state index is 6.03. The Balaban J connectivity index is 1.48. The Morgan fingerprint density at radius 1 is 1.18 bits per heavy atom. The molecular weight excluding hydrogens is 352 g/mol. The average Bonchev–Trinajstić information content (AvgIpc) is 3.24. The maximum atomic E-state index is 6.03. The Morgan fingerprint density at radius 3 is 2.82 bits per heavy atom. The van der Waals surface area contributed by atoms with Crippen LogP contribution in [0.15, 0.2) is 34.3 Å². The topological polar surface area (TPSA) is 117 Å². The second-order valence-corrected chi connectivity index (χ2v) is 7.50. The summed E-state index contributed by atoms with van der Waals surface area (Å²) < 4.78 is 0. The molecule has 1 aromatic heterocycles. The first kappa shape index (κ1) is 18.6.